The van der Waals surface area contributed by atoms with E-state index in [2.05, 4.69) is 24.1 Å². The van der Waals surface area contributed by atoms with E-state index in [1.807, 2.05) is 10.8 Å². The molecule has 1 N–H and O–H groups in total. The molecule has 124 valence electrons. The summed E-state index contributed by atoms with van der Waals surface area (Å²) in [5.74, 6) is 0.754. The zero-order valence-corrected chi connectivity index (χ0v) is 14.0. The van der Waals surface area contributed by atoms with Crippen molar-refractivity contribution in [3.05, 3.63) is 59.9 Å². The summed E-state index contributed by atoms with van der Waals surface area (Å²) in [5, 5.41) is 2.78. The van der Waals surface area contributed by atoms with Gasteiger partial charge in [-0.1, -0.05) is 32.0 Å². The lowest BCUT2D eigenvalue weighted by molar-refractivity contribution is -0.116. The first kappa shape index (κ1) is 18.9. The van der Waals surface area contributed by atoms with Crippen molar-refractivity contribution in [1.82, 2.24) is 14.9 Å². The molecule has 1 aromatic carbocycles. The van der Waals surface area contributed by atoms with Crippen molar-refractivity contribution in [2.75, 3.05) is 6.54 Å². The second kappa shape index (κ2) is 9.10. The Bertz CT molecular complexity index is 667. The fourth-order valence-corrected chi connectivity index (χ4v) is 2.14. The van der Waals surface area contributed by atoms with E-state index in [4.69, 9.17) is 0 Å². The van der Waals surface area contributed by atoms with Gasteiger partial charge in [0.2, 0.25) is 5.91 Å². The molecule has 1 heterocycles. The summed E-state index contributed by atoms with van der Waals surface area (Å²) in [6.45, 7) is 5.31. The Morgan fingerprint density at radius 1 is 1.39 bits per heavy atom. The van der Waals surface area contributed by atoms with Crippen LogP contribution in [0.1, 0.15) is 31.2 Å². The summed E-state index contributed by atoms with van der Waals surface area (Å²) in [6.07, 6.45) is 6.48. The van der Waals surface area contributed by atoms with Crippen LogP contribution in [0.2, 0.25) is 0 Å². The van der Waals surface area contributed by atoms with Crippen LogP contribution < -0.4 is 5.32 Å². The lowest BCUT2D eigenvalue weighted by atomic mass is 10.2. The van der Waals surface area contributed by atoms with Crippen LogP contribution in [-0.2, 0) is 11.3 Å². The first-order chi connectivity index (χ1) is 10.6. The summed E-state index contributed by atoms with van der Waals surface area (Å²) in [5.41, 5.74) is 0.398. The van der Waals surface area contributed by atoms with E-state index in [0.29, 0.717) is 24.6 Å². The van der Waals surface area contributed by atoms with Crippen LogP contribution in [0.25, 0.3) is 6.08 Å². The maximum absolute atomic E-state index is 13.4. The molecular formula is C17H21ClFN3O. The predicted octanol–water partition coefficient (Wildman–Crippen LogP) is 3.40. The van der Waals surface area contributed by atoms with E-state index < -0.39 is 0 Å². The Balaban J connectivity index is 0.00000264. The number of aromatic nitrogens is 2. The van der Waals surface area contributed by atoms with Crippen LogP contribution >= 0.6 is 12.4 Å². The number of carbonyl (C=O) groups excluding carboxylic acids is 1. The largest absolute Gasteiger partial charge is 0.351 e. The van der Waals surface area contributed by atoms with Crippen LogP contribution in [0.5, 0.6) is 0 Å². The van der Waals surface area contributed by atoms with Crippen molar-refractivity contribution in [2.45, 2.75) is 26.3 Å². The lowest BCUT2D eigenvalue weighted by Crippen LogP contribution is -2.25. The number of hydrogen-bond donors (Lipinski definition) is 1. The number of rotatable bonds is 6. The average Bonchev–Trinajstić information content (AvgIpc) is 2.95. The van der Waals surface area contributed by atoms with Gasteiger partial charge >= 0.3 is 0 Å². The Hall–Kier alpha value is -2.14. The second-order valence-electron chi connectivity index (χ2n) is 5.28. The zero-order chi connectivity index (χ0) is 15.9. The molecule has 0 saturated heterocycles. The van der Waals surface area contributed by atoms with Gasteiger partial charge in [-0.15, -0.1) is 12.4 Å². The molecule has 2 rings (SSSR count). The van der Waals surface area contributed by atoms with Gasteiger partial charge < -0.3 is 9.88 Å². The van der Waals surface area contributed by atoms with E-state index in [9.17, 15) is 9.18 Å². The Kier molecular flexibility index (Phi) is 7.48. The molecule has 0 aliphatic heterocycles. The van der Waals surface area contributed by atoms with Crippen molar-refractivity contribution in [1.29, 1.82) is 0 Å². The topological polar surface area (TPSA) is 46.9 Å². The quantitative estimate of drug-likeness (QED) is 0.821. The van der Waals surface area contributed by atoms with E-state index >= 15 is 0 Å². The third-order valence-electron chi connectivity index (χ3n) is 3.24. The summed E-state index contributed by atoms with van der Waals surface area (Å²) < 4.78 is 15.4. The maximum atomic E-state index is 13.4. The molecular weight excluding hydrogens is 317 g/mol. The summed E-state index contributed by atoms with van der Waals surface area (Å²) in [7, 11) is 0. The molecule has 0 bridgehead atoms. The maximum Gasteiger partial charge on any atom is 0.244 e. The highest BCUT2D eigenvalue weighted by atomic mass is 35.5. The van der Waals surface area contributed by atoms with Gasteiger partial charge in [-0.2, -0.15) is 0 Å². The van der Waals surface area contributed by atoms with Gasteiger partial charge in [-0.25, -0.2) is 9.37 Å². The first-order valence-electron chi connectivity index (χ1n) is 7.29. The summed E-state index contributed by atoms with van der Waals surface area (Å²) in [6, 6.07) is 6.33. The molecule has 0 fully saturated rings. The Labute approximate surface area is 141 Å². The van der Waals surface area contributed by atoms with Gasteiger partial charge in [0.1, 0.15) is 11.6 Å². The predicted molar refractivity (Wildman–Crippen MR) is 92.0 cm³/mol. The van der Waals surface area contributed by atoms with Crippen LogP contribution in [-0.4, -0.2) is 22.0 Å². The molecule has 0 spiro atoms. The van der Waals surface area contributed by atoms with E-state index in [1.165, 1.54) is 18.2 Å². The third kappa shape index (κ3) is 5.53. The first-order valence-corrected chi connectivity index (χ1v) is 7.29. The second-order valence-corrected chi connectivity index (χ2v) is 5.28. The molecule has 1 amide bonds. The van der Waals surface area contributed by atoms with Crippen molar-refractivity contribution in [3.8, 4) is 0 Å². The SMILES string of the molecule is CC(C)c1nccn1CCNC(=O)/C=C/c1ccccc1F.Cl. The van der Waals surface area contributed by atoms with Crippen molar-refractivity contribution in [2.24, 2.45) is 0 Å². The number of carbonyl (C=O) groups is 1. The molecule has 0 saturated carbocycles. The van der Waals surface area contributed by atoms with Gasteiger partial charge in [0.25, 0.3) is 0 Å². The van der Waals surface area contributed by atoms with Crippen molar-refractivity contribution in [3.63, 3.8) is 0 Å². The number of halogens is 2. The van der Waals surface area contributed by atoms with Crippen LogP contribution in [0.15, 0.2) is 42.7 Å². The summed E-state index contributed by atoms with van der Waals surface area (Å²) in [4.78, 5) is 16.0. The minimum atomic E-state index is -0.341. The van der Waals surface area contributed by atoms with Crippen LogP contribution in [0.4, 0.5) is 4.39 Å². The number of nitrogens with zero attached hydrogens (tertiary/aromatic N) is 2. The highest BCUT2D eigenvalue weighted by Crippen LogP contribution is 2.11. The van der Waals surface area contributed by atoms with E-state index in [1.54, 1.807) is 24.4 Å². The minimum Gasteiger partial charge on any atom is -0.351 e. The molecule has 1 aromatic heterocycles. The Morgan fingerprint density at radius 3 is 2.83 bits per heavy atom. The van der Waals surface area contributed by atoms with Gasteiger partial charge in [-0.3, -0.25) is 4.79 Å². The molecule has 0 aliphatic carbocycles. The highest BCUT2D eigenvalue weighted by molar-refractivity contribution is 5.91. The number of nitrogens with one attached hydrogen (secondary N) is 1. The van der Waals surface area contributed by atoms with Crippen molar-refractivity contribution < 1.29 is 9.18 Å². The fourth-order valence-electron chi connectivity index (χ4n) is 2.14. The molecule has 23 heavy (non-hydrogen) atoms. The molecule has 0 aliphatic rings. The molecule has 0 unspecified atom stereocenters. The van der Waals surface area contributed by atoms with Gasteiger partial charge in [-0.05, 0) is 12.1 Å². The molecule has 6 heteroatoms. The van der Waals surface area contributed by atoms with Crippen LogP contribution in [0.3, 0.4) is 0 Å². The molecule has 2 aromatic rings. The zero-order valence-electron chi connectivity index (χ0n) is 13.2. The standard InChI is InChI=1S/C17H20FN3O.ClH/c1-13(2)17-20-10-12-21(17)11-9-19-16(22)8-7-14-5-3-4-6-15(14)18;/h3-8,10,12-13H,9,11H2,1-2H3,(H,19,22);1H/b8-7+;. The number of amides is 1. The normalized spacial score (nSPS) is 10.8. The smallest absolute Gasteiger partial charge is 0.244 e. The Morgan fingerprint density at radius 2 is 2.13 bits per heavy atom. The van der Waals surface area contributed by atoms with E-state index in [0.717, 1.165) is 5.82 Å². The van der Waals surface area contributed by atoms with Gasteiger partial charge in [0.15, 0.2) is 0 Å². The van der Waals surface area contributed by atoms with Gasteiger partial charge in [0, 0.05) is 43.0 Å². The molecule has 0 atom stereocenters. The highest BCUT2D eigenvalue weighted by Gasteiger charge is 2.06. The van der Waals surface area contributed by atoms with Crippen molar-refractivity contribution >= 4 is 24.4 Å². The number of imidazole rings is 1. The van der Waals surface area contributed by atoms with E-state index in [-0.39, 0.29) is 24.1 Å². The molecule has 0 radical (unpaired) electrons. The summed E-state index contributed by atoms with van der Waals surface area (Å²) >= 11 is 0. The fraction of sp³-hybridized carbons (Fsp3) is 0.294. The average molecular weight is 338 g/mol. The van der Waals surface area contributed by atoms with Gasteiger partial charge in [0.05, 0.1) is 0 Å². The van der Waals surface area contributed by atoms with Crippen LogP contribution in [0, 0.1) is 5.82 Å². The molecule has 4 nitrogen and oxygen atoms in total. The minimum absolute atomic E-state index is 0. The monoisotopic (exact) mass is 337 g/mol. The lowest BCUT2D eigenvalue weighted by Gasteiger charge is -2.10. The number of benzene rings is 1. The number of hydrogen-bond acceptors (Lipinski definition) is 2. The third-order valence-corrected chi connectivity index (χ3v) is 3.24.